The first-order valence-electron chi connectivity index (χ1n) is 5.90. The van der Waals surface area contributed by atoms with Crippen LogP contribution in [-0.4, -0.2) is 15.0 Å². The monoisotopic (exact) mass is 324 g/mol. The highest BCUT2D eigenvalue weighted by Gasteiger charge is 2.27. The van der Waals surface area contributed by atoms with Crippen molar-refractivity contribution in [1.82, 2.24) is 15.0 Å². The fourth-order valence-corrected chi connectivity index (χ4v) is 2.85. The van der Waals surface area contributed by atoms with Crippen LogP contribution in [0.15, 0.2) is 16.9 Å². The van der Waals surface area contributed by atoms with E-state index >= 15 is 0 Å². The van der Waals surface area contributed by atoms with Gasteiger partial charge in [0.1, 0.15) is 16.2 Å². The summed E-state index contributed by atoms with van der Waals surface area (Å²) in [6.45, 7) is 2.78. The predicted molar refractivity (Wildman–Crippen MR) is 75.9 cm³/mol. The molecule has 0 aromatic carbocycles. The number of halogens is 1. The summed E-state index contributed by atoms with van der Waals surface area (Å²) in [6, 6.07) is 1.92. The molecule has 1 aliphatic carbocycles. The molecule has 0 amide bonds. The number of rotatable bonds is 4. The van der Waals surface area contributed by atoms with E-state index in [0.29, 0.717) is 5.92 Å². The molecular weight excluding hydrogens is 312 g/mol. The maximum Gasteiger partial charge on any atom is 0.135 e. The zero-order chi connectivity index (χ0) is 12.5. The third-order valence-corrected chi connectivity index (χ3v) is 4.09. The molecule has 4 nitrogen and oxygen atoms in total. The molecule has 0 spiro atoms. The molecule has 1 fully saturated rings. The minimum Gasteiger partial charge on any atom is -0.365 e. The van der Waals surface area contributed by atoms with Gasteiger partial charge in [-0.3, -0.25) is 0 Å². The van der Waals surface area contributed by atoms with E-state index in [1.165, 1.54) is 17.7 Å². The molecule has 2 heterocycles. The number of nitrogens with one attached hydrogen (secondary N) is 1. The quantitative estimate of drug-likeness (QED) is 0.874. The molecule has 1 aliphatic rings. The van der Waals surface area contributed by atoms with Crippen molar-refractivity contribution in [3.05, 3.63) is 32.6 Å². The first-order valence-corrected chi connectivity index (χ1v) is 7.51. The van der Waals surface area contributed by atoms with Crippen LogP contribution in [0.4, 0.5) is 5.82 Å². The highest BCUT2D eigenvalue weighted by Crippen LogP contribution is 2.38. The molecule has 94 valence electrons. The van der Waals surface area contributed by atoms with Crippen molar-refractivity contribution < 1.29 is 0 Å². The molecule has 18 heavy (non-hydrogen) atoms. The molecule has 0 radical (unpaired) electrons. The molecule has 0 atom stereocenters. The van der Waals surface area contributed by atoms with Gasteiger partial charge < -0.3 is 5.32 Å². The van der Waals surface area contributed by atoms with Crippen LogP contribution >= 0.6 is 27.3 Å². The van der Waals surface area contributed by atoms with Gasteiger partial charge in [-0.1, -0.05) is 0 Å². The molecule has 6 heteroatoms. The Morgan fingerprint density at radius 2 is 2.28 bits per heavy atom. The smallest absolute Gasteiger partial charge is 0.135 e. The third-order valence-electron chi connectivity index (χ3n) is 2.77. The van der Waals surface area contributed by atoms with Crippen LogP contribution in [0.1, 0.15) is 34.5 Å². The topological polar surface area (TPSA) is 50.7 Å². The Balaban J connectivity index is 1.71. The number of hydrogen-bond acceptors (Lipinski definition) is 5. The molecule has 1 saturated carbocycles. The third kappa shape index (κ3) is 2.87. The summed E-state index contributed by atoms with van der Waals surface area (Å²) in [6.07, 6.45) is 4.33. The van der Waals surface area contributed by atoms with Gasteiger partial charge in [-0.05, 0) is 35.7 Å². The van der Waals surface area contributed by atoms with Gasteiger partial charge in [-0.2, -0.15) is 0 Å². The van der Waals surface area contributed by atoms with E-state index in [1.54, 1.807) is 11.3 Å². The van der Waals surface area contributed by atoms with Crippen molar-refractivity contribution in [3.8, 4) is 0 Å². The van der Waals surface area contributed by atoms with E-state index in [1.807, 2.05) is 19.2 Å². The lowest BCUT2D eigenvalue weighted by atomic mass is 10.4. The number of aromatic nitrogens is 3. The van der Waals surface area contributed by atoms with Gasteiger partial charge in [0, 0.05) is 23.1 Å². The van der Waals surface area contributed by atoms with Gasteiger partial charge in [0.05, 0.1) is 11.6 Å². The number of nitrogens with zero attached hydrogens (tertiary/aromatic N) is 3. The second-order valence-corrected chi connectivity index (χ2v) is 6.54. The number of aryl methyl sites for hydroxylation is 1. The maximum atomic E-state index is 4.55. The number of hydrogen-bond donors (Lipinski definition) is 1. The van der Waals surface area contributed by atoms with Crippen molar-refractivity contribution in [3.63, 3.8) is 0 Å². The first-order chi connectivity index (χ1) is 8.70. The summed E-state index contributed by atoms with van der Waals surface area (Å²) < 4.78 is 0.849. The normalized spacial score (nSPS) is 14.8. The van der Waals surface area contributed by atoms with E-state index < -0.39 is 0 Å². The zero-order valence-corrected chi connectivity index (χ0v) is 12.4. The SMILES string of the molecule is Cc1ncc(CNc2cc(Br)nc(C3CC3)n2)s1. The van der Waals surface area contributed by atoms with Gasteiger partial charge >= 0.3 is 0 Å². The van der Waals surface area contributed by atoms with E-state index in [2.05, 4.69) is 36.2 Å². The van der Waals surface area contributed by atoms with Crippen molar-refractivity contribution in [2.75, 3.05) is 5.32 Å². The maximum absolute atomic E-state index is 4.55. The van der Waals surface area contributed by atoms with Gasteiger partial charge in [0.15, 0.2) is 0 Å². The molecule has 0 unspecified atom stereocenters. The molecule has 1 N–H and O–H groups in total. The Labute approximate surface area is 118 Å². The van der Waals surface area contributed by atoms with E-state index in [4.69, 9.17) is 0 Å². The van der Waals surface area contributed by atoms with Crippen LogP contribution in [0.5, 0.6) is 0 Å². The van der Waals surface area contributed by atoms with E-state index in [-0.39, 0.29) is 0 Å². The molecule has 3 rings (SSSR count). The van der Waals surface area contributed by atoms with Gasteiger partial charge in [0.2, 0.25) is 0 Å². The number of anilines is 1. The fourth-order valence-electron chi connectivity index (χ4n) is 1.71. The van der Waals surface area contributed by atoms with Crippen molar-refractivity contribution in [1.29, 1.82) is 0 Å². The average molecular weight is 325 g/mol. The van der Waals surface area contributed by atoms with Crippen LogP contribution < -0.4 is 5.32 Å². The lowest BCUT2D eigenvalue weighted by Gasteiger charge is -2.06. The molecule has 2 aromatic heterocycles. The van der Waals surface area contributed by atoms with Crippen LogP contribution in [-0.2, 0) is 6.54 Å². The second-order valence-electron chi connectivity index (χ2n) is 4.41. The summed E-state index contributed by atoms with van der Waals surface area (Å²) in [5, 5.41) is 4.42. The molecule has 2 aromatic rings. The number of thiazole rings is 1. The Morgan fingerprint density at radius 3 is 2.94 bits per heavy atom. The van der Waals surface area contributed by atoms with Gasteiger partial charge in [-0.15, -0.1) is 11.3 Å². The lowest BCUT2D eigenvalue weighted by Crippen LogP contribution is -2.03. The summed E-state index contributed by atoms with van der Waals surface area (Å²) in [7, 11) is 0. The zero-order valence-electron chi connectivity index (χ0n) is 9.98. The predicted octanol–water partition coefficient (Wildman–Crippen LogP) is 3.49. The molecule has 0 saturated heterocycles. The van der Waals surface area contributed by atoms with Gasteiger partial charge in [-0.25, -0.2) is 15.0 Å². The second kappa shape index (κ2) is 4.93. The van der Waals surface area contributed by atoms with Crippen LogP contribution in [0, 0.1) is 6.92 Å². The Hall–Kier alpha value is -1.01. The largest absolute Gasteiger partial charge is 0.365 e. The molecule has 0 bridgehead atoms. The first kappa shape index (κ1) is 12.0. The van der Waals surface area contributed by atoms with Crippen LogP contribution in [0.25, 0.3) is 0 Å². The lowest BCUT2D eigenvalue weighted by molar-refractivity contribution is 0.911. The summed E-state index contributed by atoms with van der Waals surface area (Å²) >= 11 is 5.14. The van der Waals surface area contributed by atoms with Crippen LogP contribution in [0.3, 0.4) is 0 Å². The highest BCUT2D eigenvalue weighted by atomic mass is 79.9. The van der Waals surface area contributed by atoms with Crippen molar-refractivity contribution >= 4 is 33.1 Å². The minimum atomic E-state index is 0.564. The average Bonchev–Trinajstić information content (AvgIpc) is 3.10. The van der Waals surface area contributed by atoms with Crippen LogP contribution in [0.2, 0.25) is 0 Å². The standard InChI is InChI=1S/C12H13BrN4S/c1-7-14-5-9(18-7)6-15-11-4-10(13)16-12(17-11)8-2-3-8/h4-5,8H,2-3,6H2,1H3,(H,15,16,17). The Kier molecular flexibility index (Phi) is 3.30. The minimum absolute atomic E-state index is 0.564. The highest BCUT2D eigenvalue weighted by molar-refractivity contribution is 9.10. The Morgan fingerprint density at radius 1 is 1.44 bits per heavy atom. The van der Waals surface area contributed by atoms with Gasteiger partial charge in [0.25, 0.3) is 0 Å². The molecule has 0 aliphatic heterocycles. The summed E-state index contributed by atoms with van der Waals surface area (Å²) in [5.41, 5.74) is 0. The fraction of sp³-hybridized carbons (Fsp3) is 0.417. The molecular formula is C12H13BrN4S. The Bertz CT molecular complexity index is 565. The van der Waals surface area contributed by atoms with Crippen molar-refractivity contribution in [2.45, 2.75) is 32.2 Å². The summed E-state index contributed by atoms with van der Waals surface area (Å²) in [4.78, 5) is 14.4. The van der Waals surface area contributed by atoms with E-state index in [0.717, 1.165) is 27.8 Å². The van der Waals surface area contributed by atoms with E-state index in [9.17, 15) is 0 Å². The van der Waals surface area contributed by atoms with Crippen molar-refractivity contribution in [2.24, 2.45) is 0 Å². The summed E-state index contributed by atoms with van der Waals surface area (Å²) in [5.74, 6) is 2.39.